The zero-order chi connectivity index (χ0) is 33.6. The zero-order valence-corrected chi connectivity index (χ0v) is 29.0. The molecule has 1 unspecified atom stereocenters. The van der Waals surface area contributed by atoms with Crippen LogP contribution in [0, 0.1) is 5.92 Å². The van der Waals surface area contributed by atoms with Crippen molar-refractivity contribution in [3.05, 3.63) is 110 Å². The number of aromatic nitrogens is 1. The van der Waals surface area contributed by atoms with Gasteiger partial charge in [0.1, 0.15) is 23.1 Å². The average molecular weight is 711 g/mol. The maximum Gasteiger partial charge on any atom is 0.348 e. The quantitative estimate of drug-likeness (QED) is 0.146. The van der Waals surface area contributed by atoms with Gasteiger partial charge in [0.05, 0.1) is 24.3 Å². The van der Waals surface area contributed by atoms with Crippen molar-refractivity contribution in [2.24, 2.45) is 5.92 Å². The highest BCUT2D eigenvalue weighted by Crippen LogP contribution is 2.36. The first kappa shape index (κ1) is 34.2. The summed E-state index contributed by atoms with van der Waals surface area (Å²) >= 11 is 14.2. The number of rotatable bonds is 13. The van der Waals surface area contributed by atoms with Crippen LogP contribution in [0.3, 0.4) is 0 Å². The molecule has 3 saturated heterocycles. The van der Waals surface area contributed by atoms with Gasteiger partial charge in [-0.25, -0.2) is 9.59 Å². The highest BCUT2D eigenvalue weighted by molar-refractivity contribution is 7.13. The van der Waals surface area contributed by atoms with Gasteiger partial charge < -0.3 is 18.9 Å². The van der Waals surface area contributed by atoms with E-state index in [1.165, 1.54) is 23.7 Å². The summed E-state index contributed by atoms with van der Waals surface area (Å²) in [7, 11) is 3.10. The number of nitrogens with zero attached hydrogens (tertiary/aromatic N) is 2. The van der Waals surface area contributed by atoms with Crippen molar-refractivity contribution < 1.29 is 28.5 Å². The Morgan fingerprint density at radius 3 is 2.35 bits per heavy atom. The van der Waals surface area contributed by atoms with Crippen LogP contribution in [0.1, 0.15) is 56.2 Å². The fourth-order valence-corrected chi connectivity index (χ4v) is 7.68. The maximum atomic E-state index is 13.6. The molecule has 0 saturated carbocycles. The first-order valence-electron chi connectivity index (χ1n) is 15.8. The molecule has 3 aliphatic rings. The van der Waals surface area contributed by atoms with Gasteiger partial charge in [0.25, 0.3) is 0 Å². The van der Waals surface area contributed by atoms with Crippen molar-refractivity contribution in [1.82, 2.24) is 15.2 Å². The molecular weight excluding hydrogens is 673 g/mol. The van der Waals surface area contributed by atoms with Crippen molar-refractivity contribution in [2.45, 2.75) is 44.1 Å². The van der Waals surface area contributed by atoms with Crippen molar-refractivity contribution in [3.63, 3.8) is 0 Å². The van der Waals surface area contributed by atoms with E-state index < -0.39 is 18.1 Å². The number of fused-ring (bicyclic) bond motifs is 3. The summed E-state index contributed by atoms with van der Waals surface area (Å²) in [4.78, 5) is 34.8. The largest absolute Gasteiger partial charge is 0.493 e. The molecule has 2 aromatic heterocycles. The average Bonchev–Trinajstić information content (AvgIpc) is 3.59. The van der Waals surface area contributed by atoms with Gasteiger partial charge in [0.2, 0.25) is 0 Å². The molecule has 3 atom stereocenters. The minimum atomic E-state index is -0.748. The first-order valence-corrected chi connectivity index (χ1v) is 17.4. The fourth-order valence-electron chi connectivity index (χ4n) is 6.32. The summed E-state index contributed by atoms with van der Waals surface area (Å²) in [6.07, 6.45) is 4.50. The lowest BCUT2D eigenvalue weighted by Crippen LogP contribution is -2.52. The first-order chi connectivity index (χ1) is 23.3. The van der Waals surface area contributed by atoms with Crippen LogP contribution in [-0.2, 0) is 27.2 Å². The van der Waals surface area contributed by atoms with Crippen LogP contribution < -0.4 is 14.8 Å². The summed E-state index contributed by atoms with van der Waals surface area (Å²) in [5.41, 5.74) is 2.11. The molecule has 9 nitrogen and oxygen atoms in total. The van der Waals surface area contributed by atoms with Crippen LogP contribution in [0.2, 0.25) is 10.0 Å². The van der Waals surface area contributed by atoms with Crippen molar-refractivity contribution >= 4 is 46.5 Å². The van der Waals surface area contributed by atoms with Crippen molar-refractivity contribution in [1.29, 1.82) is 0 Å². The van der Waals surface area contributed by atoms with E-state index in [0.717, 1.165) is 42.9 Å². The monoisotopic (exact) mass is 709 g/mol. The van der Waals surface area contributed by atoms with E-state index in [2.05, 4.69) is 15.2 Å². The predicted octanol–water partition coefficient (Wildman–Crippen LogP) is 7.08. The second-order valence-electron chi connectivity index (χ2n) is 11.9. The van der Waals surface area contributed by atoms with Crippen LogP contribution >= 0.6 is 34.5 Å². The lowest BCUT2D eigenvalue weighted by atomic mass is 9.86. The van der Waals surface area contributed by atoms with Crippen LogP contribution in [-0.4, -0.2) is 61.8 Å². The molecule has 2 bridgehead atoms. The van der Waals surface area contributed by atoms with E-state index >= 15 is 0 Å². The summed E-state index contributed by atoms with van der Waals surface area (Å²) in [6.45, 7) is 3.29. The lowest BCUT2D eigenvalue weighted by molar-refractivity contribution is -0.161. The fraction of sp³-hybridized carbons (Fsp3) is 0.361. The summed E-state index contributed by atoms with van der Waals surface area (Å²) in [5, 5.41) is 4.12. The number of hydrogen-bond acceptors (Lipinski definition) is 10. The third-order valence-corrected chi connectivity index (χ3v) is 10.7. The topological polar surface area (TPSA) is 99.2 Å². The third-order valence-electron chi connectivity index (χ3n) is 8.95. The van der Waals surface area contributed by atoms with E-state index in [0.29, 0.717) is 50.0 Å². The molecule has 0 spiro atoms. The second-order valence-corrected chi connectivity index (χ2v) is 13.9. The number of esters is 2. The molecule has 7 rings (SSSR count). The van der Waals surface area contributed by atoms with Gasteiger partial charge in [0, 0.05) is 36.8 Å². The van der Waals surface area contributed by atoms with Crippen molar-refractivity contribution in [2.75, 3.05) is 33.9 Å². The predicted molar refractivity (Wildman–Crippen MR) is 185 cm³/mol. The van der Waals surface area contributed by atoms with Gasteiger partial charge in [-0.15, -0.1) is 11.3 Å². The van der Waals surface area contributed by atoms with E-state index in [1.807, 2.05) is 42.5 Å². The van der Waals surface area contributed by atoms with Crippen LogP contribution in [0.4, 0.5) is 0 Å². The Morgan fingerprint density at radius 2 is 1.69 bits per heavy atom. The number of thiophene rings is 1. The summed E-state index contributed by atoms with van der Waals surface area (Å²) in [5.74, 6) is 0.654. The van der Waals surface area contributed by atoms with Gasteiger partial charge in [-0.05, 0) is 72.8 Å². The Labute approximate surface area is 294 Å². The highest BCUT2D eigenvalue weighted by Gasteiger charge is 2.38. The summed E-state index contributed by atoms with van der Waals surface area (Å²) < 4.78 is 23.1. The number of benzene rings is 2. The Morgan fingerprint density at radius 1 is 0.958 bits per heavy atom. The van der Waals surface area contributed by atoms with Gasteiger partial charge >= 0.3 is 11.9 Å². The van der Waals surface area contributed by atoms with Crippen LogP contribution in [0.15, 0.2) is 73.1 Å². The minimum Gasteiger partial charge on any atom is -0.493 e. The molecule has 0 amide bonds. The van der Waals surface area contributed by atoms with Gasteiger partial charge in [0.15, 0.2) is 11.5 Å². The van der Waals surface area contributed by atoms with E-state index in [1.54, 1.807) is 32.4 Å². The number of nitrogens with one attached hydrogen (secondary N) is 1. The van der Waals surface area contributed by atoms with E-state index in [4.69, 9.17) is 42.1 Å². The van der Waals surface area contributed by atoms with Gasteiger partial charge in [-0.1, -0.05) is 59.6 Å². The standard InChI is InChI=1S/C36H37Cl2N3O6S/c1-44-29-10-8-24(16-31(29)45-2)30(17-26-27(37)19-39-20-28(26)38)46-35(42)33-11-9-25(48-33)18-40-34(23-6-4-3-5-7-23)36(43)47-32-21-41-14-12-22(32)13-15-41/h3-11,16,19-20,22,30,32,34,40H,12-15,17-18,21H2,1-2H3/t30-,32-,34?/m0/s1. The number of methoxy groups -OCH3 is 2. The number of halogens is 2. The SMILES string of the molecule is COc1ccc([C@H](Cc2c(Cl)cncc2Cl)OC(=O)c2ccc(CNC(C(=O)O[C@H]3CN4CCC3CC4)c3ccccc3)s2)cc1OC. The van der Waals surface area contributed by atoms with Gasteiger partial charge in [-0.3, -0.25) is 15.2 Å². The van der Waals surface area contributed by atoms with E-state index in [-0.39, 0.29) is 18.5 Å². The minimum absolute atomic E-state index is 0.0911. The molecule has 0 radical (unpaired) electrons. The molecule has 12 heteroatoms. The second kappa shape index (κ2) is 15.7. The number of carbonyl (C=O) groups is 2. The molecule has 3 fully saturated rings. The number of piperidine rings is 3. The highest BCUT2D eigenvalue weighted by atomic mass is 35.5. The molecule has 4 aromatic rings. The Balaban J connectivity index is 1.17. The van der Waals surface area contributed by atoms with Crippen LogP contribution in [0.5, 0.6) is 11.5 Å². The molecule has 252 valence electrons. The number of hydrogen-bond donors (Lipinski definition) is 1. The zero-order valence-electron chi connectivity index (χ0n) is 26.7. The molecule has 0 aliphatic carbocycles. The normalized spacial score (nSPS) is 19.7. The molecular formula is C36H37Cl2N3O6S. The van der Waals surface area contributed by atoms with Gasteiger partial charge in [-0.2, -0.15) is 0 Å². The molecule has 48 heavy (non-hydrogen) atoms. The Kier molecular flexibility index (Phi) is 11.2. The lowest BCUT2D eigenvalue weighted by Gasteiger charge is -2.44. The smallest absolute Gasteiger partial charge is 0.348 e. The maximum absolute atomic E-state index is 13.6. The number of pyridine rings is 1. The third kappa shape index (κ3) is 7.96. The molecule has 2 aromatic carbocycles. The Bertz CT molecular complexity index is 1710. The van der Waals surface area contributed by atoms with Crippen molar-refractivity contribution in [3.8, 4) is 11.5 Å². The Hall–Kier alpha value is -3.67. The molecule has 3 aliphatic heterocycles. The number of ether oxygens (including phenoxy) is 4. The number of carbonyl (C=O) groups excluding carboxylic acids is 2. The molecule has 1 N–H and O–H groups in total. The molecule has 5 heterocycles. The van der Waals surface area contributed by atoms with E-state index in [9.17, 15) is 9.59 Å². The summed E-state index contributed by atoms with van der Waals surface area (Å²) in [6, 6.07) is 17.8. The van der Waals surface area contributed by atoms with Crippen LogP contribution in [0.25, 0.3) is 0 Å².